The van der Waals surface area contributed by atoms with Crippen LogP contribution in [-0.2, 0) is 11.2 Å². The molecule has 4 rings (SSSR count). The quantitative estimate of drug-likeness (QED) is 0.719. The average molecular weight is 351 g/mol. The van der Waals surface area contributed by atoms with Gasteiger partial charge in [0.05, 0.1) is 30.7 Å². The second-order valence-corrected chi connectivity index (χ2v) is 6.66. The van der Waals surface area contributed by atoms with Crippen molar-refractivity contribution >= 4 is 11.6 Å². The number of nitrogens with zero attached hydrogens (tertiary/aromatic N) is 5. The van der Waals surface area contributed by atoms with Gasteiger partial charge in [0.2, 0.25) is 0 Å². The van der Waals surface area contributed by atoms with Gasteiger partial charge in [-0.2, -0.15) is 0 Å². The second-order valence-electron chi connectivity index (χ2n) is 6.66. The highest BCUT2D eigenvalue weighted by Gasteiger charge is 2.24. The van der Waals surface area contributed by atoms with E-state index in [0.717, 1.165) is 23.5 Å². The van der Waals surface area contributed by atoms with E-state index >= 15 is 0 Å². The Morgan fingerprint density at radius 3 is 3.04 bits per heavy atom. The van der Waals surface area contributed by atoms with Crippen LogP contribution in [0.1, 0.15) is 21.7 Å². The van der Waals surface area contributed by atoms with Crippen molar-refractivity contribution in [2.24, 2.45) is 5.92 Å². The molecular formula is C19H21N5O2. The van der Waals surface area contributed by atoms with Crippen molar-refractivity contribution in [2.75, 3.05) is 26.3 Å². The summed E-state index contributed by atoms with van der Waals surface area (Å²) in [5, 5.41) is 0. The first-order chi connectivity index (χ1) is 12.7. The van der Waals surface area contributed by atoms with Crippen LogP contribution in [0.4, 0.5) is 0 Å². The fourth-order valence-electron chi connectivity index (χ4n) is 3.23. The molecule has 1 aliphatic heterocycles. The van der Waals surface area contributed by atoms with E-state index in [2.05, 4.69) is 15.0 Å². The minimum absolute atomic E-state index is 0.00557. The smallest absolute Gasteiger partial charge is 0.255 e. The van der Waals surface area contributed by atoms with Gasteiger partial charge in [-0.05, 0) is 25.5 Å². The van der Waals surface area contributed by atoms with E-state index in [-0.39, 0.29) is 11.8 Å². The average Bonchev–Trinajstić information content (AvgIpc) is 2.99. The third-order valence-electron chi connectivity index (χ3n) is 4.61. The van der Waals surface area contributed by atoms with E-state index < -0.39 is 0 Å². The first-order valence-electron chi connectivity index (χ1n) is 8.76. The third kappa shape index (κ3) is 3.57. The highest BCUT2D eigenvalue weighted by molar-refractivity contribution is 5.93. The van der Waals surface area contributed by atoms with E-state index in [1.54, 1.807) is 18.6 Å². The van der Waals surface area contributed by atoms with Crippen LogP contribution >= 0.6 is 0 Å². The first-order valence-corrected chi connectivity index (χ1v) is 8.76. The van der Waals surface area contributed by atoms with Crippen LogP contribution in [0.5, 0.6) is 0 Å². The molecule has 1 fully saturated rings. The molecule has 26 heavy (non-hydrogen) atoms. The van der Waals surface area contributed by atoms with Gasteiger partial charge in [0.1, 0.15) is 0 Å². The van der Waals surface area contributed by atoms with Crippen LogP contribution in [0.25, 0.3) is 5.65 Å². The Balaban J connectivity index is 1.48. The van der Waals surface area contributed by atoms with Crippen LogP contribution in [0.15, 0.2) is 43.1 Å². The number of fused-ring (bicyclic) bond motifs is 1. The summed E-state index contributed by atoms with van der Waals surface area (Å²) >= 11 is 0. The number of carbonyl (C=O) groups excluding carboxylic acids is 1. The minimum Gasteiger partial charge on any atom is -0.379 e. The molecule has 4 heterocycles. The highest BCUT2D eigenvalue weighted by Crippen LogP contribution is 2.15. The summed E-state index contributed by atoms with van der Waals surface area (Å²) in [6, 6.07) is 3.70. The molecule has 1 amide bonds. The fourth-order valence-corrected chi connectivity index (χ4v) is 3.23. The zero-order chi connectivity index (χ0) is 17.9. The third-order valence-corrected chi connectivity index (χ3v) is 4.61. The van der Waals surface area contributed by atoms with Crippen molar-refractivity contribution in [1.29, 1.82) is 0 Å². The first kappa shape index (κ1) is 16.7. The van der Waals surface area contributed by atoms with Crippen LogP contribution in [0.2, 0.25) is 0 Å². The molecule has 7 nitrogen and oxygen atoms in total. The molecule has 1 unspecified atom stereocenters. The molecule has 7 heteroatoms. The predicted octanol–water partition coefficient (Wildman–Crippen LogP) is 1.76. The lowest BCUT2D eigenvalue weighted by molar-refractivity contribution is 0.0737. The summed E-state index contributed by atoms with van der Waals surface area (Å²) in [7, 11) is 0. The van der Waals surface area contributed by atoms with Gasteiger partial charge in [-0.25, -0.2) is 4.98 Å². The largest absolute Gasteiger partial charge is 0.379 e. The molecular weight excluding hydrogens is 330 g/mol. The number of pyridine rings is 1. The van der Waals surface area contributed by atoms with E-state index in [1.807, 2.05) is 40.8 Å². The Morgan fingerprint density at radius 1 is 1.27 bits per heavy atom. The van der Waals surface area contributed by atoms with Crippen LogP contribution in [0.3, 0.4) is 0 Å². The summed E-state index contributed by atoms with van der Waals surface area (Å²) < 4.78 is 7.69. The Bertz CT molecular complexity index is 906. The molecule has 0 bridgehead atoms. The molecule has 1 atom stereocenters. The van der Waals surface area contributed by atoms with E-state index in [0.29, 0.717) is 31.9 Å². The summed E-state index contributed by atoms with van der Waals surface area (Å²) in [4.78, 5) is 27.6. The molecule has 0 N–H and O–H groups in total. The highest BCUT2D eigenvalue weighted by atomic mass is 16.5. The number of ether oxygens (including phenoxy) is 1. The molecule has 0 radical (unpaired) electrons. The Morgan fingerprint density at radius 2 is 2.19 bits per heavy atom. The maximum Gasteiger partial charge on any atom is 0.255 e. The molecule has 0 saturated carbocycles. The molecule has 1 saturated heterocycles. The second kappa shape index (κ2) is 7.21. The van der Waals surface area contributed by atoms with Crippen molar-refractivity contribution in [1.82, 2.24) is 24.3 Å². The van der Waals surface area contributed by atoms with Crippen LogP contribution in [0, 0.1) is 12.8 Å². The van der Waals surface area contributed by atoms with Crippen molar-refractivity contribution < 1.29 is 9.53 Å². The van der Waals surface area contributed by atoms with Crippen LogP contribution in [-0.4, -0.2) is 56.5 Å². The van der Waals surface area contributed by atoms with Gasteiger partial charge in [0.25, 0.3) is 5.91 Å². The fraction of sp³-hybridized carbons (Fsp3) is 0.368. The van der Waals surface area contributed by atoms with Gasteiger partial charge in [0.15, 0.2) is 5.65 Å². The summed E-state index contributed by atoms with van der Waals surface area (Å²) in [5.74, 6) is 0.208. The lowest BCUT2D eigenvalue weighted by atomic mass is 10.0. The van der Waals surface area contributed by atoms with Gasteiger partial charge >= 0.3 is 0 Å². The minimum atomic E-state index is 0.00557. The van der Waals surface area contributed by atoms with E-state index in [1.165, 1.54) is 0 Å². The van der Waals surface area contributed by atoms with Crippen molar-refractivity contribution in [3.8, 4) is 0 Å². The number of carbonyl (C=O) groups is 1. The maximum atomic E-state index is 12.8. The molecule has 0 aromatic carbocycles. The molecule has 134 valence electrons. The van der Waals surface area contributed by atoms with E-state index in [4.69, 9.17) is 4.74 Å². The number of imidazole rings is 1. The van der Waals surface area contributed by atoms with Crippen molar-refractivity contribution in [3.63, 3.8) is 0 Å². The number of amides is 1. The summed E-state index contributed by atoms with van der Waals surface area (Å²) in [5.41, 5.74) is 3.32. The molecule has 3 aromatic heterocycles. The Labute approximate surface area is 151 Å². The summed E-state index contributed by atoms with van der Waals surface area (Å²) in [6.45, 7) is 4.33. The van der Waals surface area contributed by atoms with Gasteiger partial charge in [0, 0.05) is 49.5 Å². The molecule has 3 aromatic rings. The topological polar surface area (TPSA) is 72.6 Å². The standard InChI is InChI=1S/C19H21N5O2/c1-14-2-3-16(9-21-14)19(25)24-6-7-26-13-15(11-24)8-17-12-23-5-4-20-18(23)10-22-17/h2-5,9-10,12,15H,6-8,11,13H2,1H3. The van der Waals surface area contributed by atoms with Crippen molar-refractivity contribution in [2.45, 2.75) is 13.3 Å². The SMILES string of the molecule is Cc1ccc(C(=O)N2CCOCC(Cc3cn4ccnc4cn3)C2)cn1. The maximum absolute atomic E-state index is 12.8. The van der Waals surface area contributed by atoms with E-state index in [9.17, 15) is 4.79 Å². The van der Waals surface area contributed by atoms with Crippen LogP contribution < -0.4 is 0 Å². The lowest BCUT2D eigenvalue weighted by Gasteiger charge is -2.23. The normalized spacial score (nSPS) is 18.0. The van der Waals surface area contributed by atoms with Gasteiger partial charge in [-0.1, -0.05) is 0 Å². The number of hydrogen-bond donors (Lipinski definition) is 0. The van der Waals surface area contributed by atoms with Gasteiger partial charge in [-0.15, -0.1) is 0 Å². The molecule has 1 aliphatic rings. The van der Waals surface area contributed by atoms with Crippen molar-refractivity contribution in [3.05, 3.63) is 60.1 Å². The van der Waals surface area contributed by atoms with Gasteiger partial charge in [-0.3, -0.25) is 14.8 Å². The monoisotopic (exact) mass is 351 g/mol. The predicted molar refractivity (Wildman–Crippen MR) is 95.9 cm³/mol. The number of rotatable bonds is 3. The number of hydrogen-bond acceptors (Lipinski definition) is 5. The lowest BCUT2D eigenvalue weighted by Crippen LogP contribution is -2.36. The summed E-state index contributed by atoms with van der Waals surface area (Å²) in [6.07, 6.45) is 9.82. The zero-order valence-electron chi connectivity index (χ0n) is 14.7. The molecule has 0 aliphatic carbocycles. The zero-order valence-corrected chi connectivity index (χ0v) is 14.7. The number of aryl methyl sites for hydroxylation is 1. The number of aromatic nitrogens is 4. The Kier molecular flexibility index (Phi) is 4.62. The molecule has 0 spiro atoms. The Hall–Kier alpha value is -2.80. The van der Waals surface area contributed by atoms with Gasteiger partial charge < -0.3 is 14.0 Å².